The third-order valence-electron chi connectivity index (χ3n) is 2.26. The molecule has 5 heteroatoms. The summed E-state index contributed by atoms with van der Waals surface area (Å²) in [7, 11) is 0. The molecule has 1 aliphatic rings. The van der Waals surface area contributed by atoms with Crippen molar-refractivity contribution in [2.24, 2.45) is 5.92 Å². The lowest BCUT2D eigenvalue weighted by molar-refractivity contribution is -0.123. The molecule has 1 aliphatic carbocycles. The molecule has 0 spiro atoms. The van der Waals surface area contributed by atoms with Crippen molar-refractivity contribution in [3.05, 3.63) is 0 Å². The van der Waals surface area contributed by atoms with Gasteiger partial charge < -0.3 is 15.7 Å². The zero-order valence-corrected chi connectivity index (χ0v) is 8.79. The molecular formula is C10H18N2O3. The molecule has 0 heterocycles. The van der Waals surface area contributed by atoms with Crippen LogP contribution in [0.15, 0.2) is 0 Å². The highest BCUT2D eigenvalue weighted by Gasteiger charge is 2.28. The van der Waals surface area contributed by atoms with E-state index in [1.807, 2.05) is 0 Å². The van der Waals surface area contributed by atoms with Gasteiger partial charge in [-0.15, -0.1) is 0 Å². The number of rotatable bonds is 7. The predicted octanol–water partition coefficient (Wildman–Crippen LogP) is -0.599. The molecule has 0 atom stereocenters. The number of aliphatic hydroxyl groups is 1. The van der Waals surface area contributed by atoms with E-state index >= 15 is 0 Å². The topological polar surface area (TPSA) is 78.4 Å². The van der Waals surface area contributed by atoms with Crippen LogP contribution in [0.2, 0.25) is 0 Å². The maximum atomic E-state index is 11.2. The lowest BCUT2D eigenvalue weighted by Gasteiger charge is -2.05. The Morgan fingerprint density at radius 1 is 1.20 bits per heavy atom. The van der Waals surface area contributed by atoms with E-state index in [1.165, 1.54) is 0 Å². The molecule has 0 bridgehead atoms. The summed E-state index contributed by atoms with van der Waals surface area (Å²) in [4.78, 5) is 22.2. The van der Waals surface area contributed by atoms with Crippen LogP contribution in [0.3, 0.4) is 0 Å². The molecule has 0 aromatic carbocycles. The monoisotopic (exact) mass is 214 g/mol. The average molecular weight is 214 g/mol. The number of carbonyl (C=O) groups is 2. The van der Waals surface area contributed by atoms with Gasteiger partial charge in [-0.3, -0.25) is 9.59 Å². The first kappa shape index (κ1) is 12.0. The molecule has 0 unspecified atom stereocenters. The molecule has 0 aromatic heterocycles. The van der Waals surface area contributed by atoms with E-state index in [9.17, 15) is 9.59 Å². The van der Waals surface area contributed by atoms with Gasteiger partial charge in [-0.05, 0) is 19.3 Å². The molecule has 3 N–H and O–H groups in total. The summed E-state index contributed by atoms with van der Waals surface area (Å²) in [5, 5.41) is 13.9. The van der Waals surface area contributed by atoms with Crippen LogP contribution in [0.4, 0.5) is 0 Å². The van der Waals surface area contributed by atoms with Crippen molar-refractivity contribution < 1.29 is 14.7 Å². The highest BCUT2D eigenvalue weighted by atomic mass is 16.3. The Morgan fingerprint density at radius 3 is 2.47 bits per heavy atom. The van der Waals surface area contributed by atoms with E-state index in [2.05, 4.69) is 10.6 Å². The summed E-state index contributed by atoms with van der Waals surface area (Å²) in [5.41, 5.74) is 0. The third-order valence-corrected chi connectivity index (χ3v) is 2.26. The fourth-order valence-electron chi connectivity index (χ4n) is 1.21. The van der Waals surface area contributed by atoms with Crippen LogP contribution >= 0.6 is 0 Å². The molecule has 1 saturated carbocycles. The Morgan fingerprint density at radius 2 is 1.87 bits per heavy atom. The summed E-state index contributed by atoms with van der Waals surface area (Å²) in [6, 6.07) is 0. The highest BCUT2D eigenvalue weighted by molar-refractivity contribution is 5.81. The minimum Gasteiger partial charge on any atom is -0.396 e. The van der Waals surface area contributed by atoms with Gasteiger partial charge in [0.2, 0.25) is 11.8 Å². The number of amides is 2. The minimum atomic E-state index is -0.0790. The van der Waals surface area contributed by atoms with Crippen LogP contribution < -0.4 is 10.6 Å². The van der Waals surface area contributed by atoms with Gasteiger partial charge in [0.05, 0.1) is 0 Å². The van der Waals surface area contributed by atoms with Gasteiger partial charge in [-0.25, -0.2) is 0 Å². The van der Waals surface area contributed by atoms with Crippen LogP contribution in [-0.4, -0.2) is 36.6 Å². The highest BCUT2D eigenvalue weighted by Crippen LogP contribution is 2.28. The molecule has 1 rings (SSSR count). The summed E-state index contributed by atoms with van der Waals surface area (Å²) in [6.07, 6.45) is 2.82. The van der Waals surface area contributed by atoms with Gasteiger partial charge in [0, 0.05) is 32.0 Å². The van der Waals surface area contributed by atoms with E-state index in [1.54, 1.807) is 0 Å². The Bertz CT molecular complexity index is 227. The van der Waals surface area contributed by atoms with Gasteiger partial charge in [-0.1, -0.05) is 0 Å². The maximum Gasteiger partial charge on any atom is 0.223 e. The van der Waals surface area contributed by atoms with Gasteiger partial charge in [0.15, 0.2) is 0 Å². The average Bonchev–Trinajstić information content (AvgIpc) is 3.04. The van der Waals surface area contributed by atoms with Gasteiger partial charge in [0.1, 0.15) is 0 Å². The van der Waals surface area contributed by atoms with Crippen LogP contribution in [0, 0.1) is 5.92 Å². The largest absolute Gasteiger partial charge is 0.396 e. The number of hydrogen-bond donors (Lipinski definition) is 3. The molecule has 0 aliphatic heterocycles. The van der Waals surface area contributed by atoms with Gasteiger partial charge >= 0.3 is 0 Å². The molecule has 15 heavy (non-hydrogen) atoms. The fraction of sp³-hybridized carbons (Fsp3) is 0.800. The molecule has 5 nitrogen and oxygen atoms in total. The minimum absolute atomic E-state index is 0.0336. The van der Waals surface area contributed by atoms with Gasteiger partial charge in [-0.2, -0.15) is 0 Å². The molecule has 0 radical (unpaired) electrons. The Hall–Kier alpha value is -1.10. The number of hydrogen-bond acceptors (Lipinski definition) is 3. The summed E-state index contributed by atoms with van der Waals surface area (Å²) >= 11 is 0. The van der Waals surface area contributed by atoms with Crippen molar-refractivity contribution in [3.63, 3.8) is 0 Å². The van der Waals surface area contributed by atoms with E-state index in [0.717, 1.165) is 12.8 Å². The lowest BCUT2D eigenvalue weighted by atomic mass is 10.3. The molecule has 0 aromatic rings. The molecule has 2 amide bonds. The summed E-state index contributed by atoms with van der Waals surface area (Å²) < 4.78 is 0. The Kier molecular flexibility index (Phi) is 5.10. The first-order valence-electron chi connectivity index (χ1n) is 5.39. The summed E-state index contributed by atoms with van der Waals surface area (Å²) in [6.45, 7) is 0.981. The van der Waals surface area contributed by atoms with Crippen molar-refractivity contribution >= 4 is 11.8 Å². The van der Waals surface area contributed by atoms with E-state index in [4.69, 9.17) is 5.11 Å². The summed E-state index contributed by atoms with van der Waals surface area (Å²) in [5.74, 6) is 0.236. The van der Waals surface area contributed by atoms with E-state index < -0.39 is 0 Å². The SMILES string of the molecule is O=C(CCCO)NCCNC(=O)C1CC1. The first-order valence-corrected chi connectivity index (χ1v) is 5.39. The van der Waals surface area contributed by atoms with Crippen LogP contribution in [-0.2, 0) is 9.59 Å². The maximum absolute atomic E-state index is 11.2. The molecule has 86 valence electrons. The fourth-order valence-corrected chi connectivity index (χ4v) is 1.21. The van der Waals surface area contributed by atoms with Crippen molar-refractivity contribution in [1.29, 1.82) is 0 Å². The predicted molar refractivity (Wildman–Crippen MR) is 55.1 cm³/mol. The lowest BCUT2D eigenvalue weighted by Crippen LogP contribution is -2.35. The number of nitrogens with one attached hydrogen (secondary N) is 2. The molecule has 1 fully saturated rings. The molecule has 0 saturated heterocycles. The Labute approximate surface area is 89.2 Å². The third kappa shape index (κ3) is 5.37. The van der Waals surface area contributed by atoms with Crippen molar-refractivity contribution in [2.75, 3.05) is 19.7 Å². The quantitative estimate of drug-likeness (QED) is 0.495. The van der Waals surface area contributed by atoms with Crippen molar-refractivity contribution in [2.45, 2.75) is 25.7 Å². The number of carbonyl (C=O) groups excluding carboxylic acids is 2. The zero-order chi connectivity index (χ0) is 11.1. The van der Waals surface area contributed by atoms with Crippen LogP contribution in [0.5, 0.6) is 0 Å². The van der Waals surface area contributed by atoms with Gasteiger partial charge in [0.25, 0.3) is 0 Å². The van der Waals surface area contributed by atoms with E-state index in [0.29, 0.717) is 25.9 Å². The zero-order valence-electron chi connectivity index (χ0n) is 8.79. The second-order valence-corrected chi connectivity index (χ2v) is 3.74. The standard InChI is InChI=1S/C10H18N2O3/c13-7-1-2-9(14)11-5-6-12-10(15)8-3-4-8/h8,13H,1-7H2,(H,11,14)(H,12,15). The Balaban J connectivity index is 1.91. The smallest absolute Gasteiger partial charge is 0.223 e. The molecular weight excluding hydrogens is 196 g/mol. The second-order valence-electron chi connectivity index (χ2n) is 3.74. The normalized spacial score (nSPS) is 14.7. The van der Waals surface area contributed by atoms with E-state index in [-0.39, 0.29) is 24.3 Å². The van der Waals surface area contributed by atoms with Crippen LogP contribution in [0.1, 0.15) is 25.7 Å². The first-order chi connectivity index (χ1) is 7.24. The van der Waals surface area contributed by atoms with Crippen LogP contribution in [0.25, 0.3) is 0 Å². The second kappa shape index (κ2) is 6.40. The van der Waals surface area contributed by atoms with Crippen molar-refractivity contribution in [3.8, 4) is 0 Å². The van der Waals surface area contributed by atoms with Crippen molar-refractivity contribution in [1.82, 2.24) is 10.6 Å². The number of aliphatic hydroxyl groups excluding tert-OH is 1.